The zero-order valence-electron chi connectivity index (χ0n) is 9.59. The van der Waals surface area contributed by atoms with Crippen molar-refractivity contribution >= 4 is 11.9 Å². The first-order valence-electron chi connectivity index (χ1n) is 5.33. The van der Waals surface area contributed by atoms with Gasteiger partial charge < -0.3 is 16.2 Å². The molecule has 0 aliphatic heterocycles. The predicted molar refractivity (Wildman–Crippen MR) is 63.5 cm³/mol. The molecule has 0 aromatic heterocycles. The van der Waals surface area contributed by atoms with Gasteiger partial charge in [-0.05, 0) is 12.5 Å². The second-order valence-electron chi connectivity index (χ2n) is 3.84. The molecule has 5 heteroatoms. The summed E-state index contributed by atoms with van der Waals surface area (Å²) in [7, 11) is 0. The Kier molecular flexibility index (Phi) is 4.66. The minimum atomic E-state index is -0.971. The Bertz CT molecular complexity index is 390. The van der Waals surface area contributed by atoms with Crippen LogP contribution in [0.15, 0.2) is 30.3 Å². The van der Waals surface area contributed by atoms with Gasteiger partial charge in [0.2, 0.25) is 5.91 Å². The number of nitrogens with two attached hydrogens (primary N) is 1. The van der Waals surface area contributed by atoms with E-state index < -0.39 is 17.9 Å². The van der Waals surface area contributed by atoms with E-state index in [1.807, 2.05) is 6.07 Å². The van der Waals surface area contributed by atoms with E-state index in [9.17, 15) is 9.59 Å². The van der Waals surface area contributed by atoms with E-state index in [1.165, 1.54) is 0 Å². The largest absolute Gasteiger partial charge is 0.481 e. The highest BCUT2D eigenvalue weighted by molar-refractivity contribution is 5.82. The molecule has 0 saturated carbocycles. The number of amides is 1. The van der Waals surface area contributed by atoms with Crippen LogP contribution >= 0.6 is 0 Å². The van der Waals surface area contributed by atoms with Crippen LogP contribution in [0.1, 0.15) is 18.4 Å². The van der Waals surface area contributed by atoms with E-state index in [-0.39, 0.29) is 12.5 Å². The van der Waals surface area contributed by atoms with Crippen molar-refractivity contribution in [3.63, 3.8) is 0 Å². The fourth-order valence-corrected chi connectivity index (χ4v) is 1.40. The molecule has 2 atom stereocenters. The third-order valence-electron chi connectivity index (χ3n) is 2.39. The summed E-state index contributed by atoms with van der Waals surface area (Å²) in [5.74, 6) is -2.08. The molecule has 92 valence electrons. The highest BCUT2D eigenvalue weighted by Gasteiger charge is 2.20. The quantitative estimate of drug-likeness (QED) is 0.686. The second-order valence-corrected chi connectivity index (χ2v) is 3.84. The fraction of sp³-hybridized carbons (Fsp3) is 0.333. The molecular weight excluding hydrogens is 220 g/mol. The molecule has 1 rings (SSSR count). The van der Waals surface area contributed by atoms with E-state index in [1.54, 1.807) is 31.2 Å². The van der Waals surface area contributed by atoms with Crippen LogP contribution in [-0.2, 0) is 9.59 Å². The van der Waals surface area contributed by atoms with Crippen LogP contribution in [0.25, 0.3) is 0 Å². The average molecular weight is 236 g/mol. The molecule has 1 amide bonds. The van der Waals surface area contributed by atoms with Crippen molar-refractivity contribution in [2.75, 3.05) is 6.54 Å². The van der Waals surface area contributed by atoms with Crippen LogP contribution in [-0.4, -0.2) is 29.6 Å². The number of hydrogen-bond donors (Lipinski definition) is 3. The number of carboxylic acids is 1. The second kappa shape index (κ2) is 6.00. The molecule has 17 heavy (non-hydrogen) atoms. The smallest absolute Gasteiger partial charge is 0.312 e. The molecule has 0 saturated heterocycles. The zero-order valence-corrected chi connectivity index (χ0v) is 9.59. The molecule has 1 aromatic rings. The van der Waals surface area contributed by atoms with Gasteiger partial charge in [-0.2, -0.15) is 0 Å². The van der Waals surface area contributed by atoms with E-state index in [0.717, 1.165) is 0 Å². The first-order chi connectivity index (χ1) is 8.02. The van der Waals surface area contributed by atoms with Gasteiger partial charge in [0, 0.05) is 6.54 Å². The van der Waals surface area contributed by atoms with Gasteiger partial charge in [0.05, 0.1) is 12.0 Å². The van der Waals surface area contributed by atoms with Gasteiger partial charge in [0.25, 0.3) is 0 Å². The predicted octanol–water partition coefficient (Wildman–Crippen LogP) is 0.318. The Balaban J connectivity index is 2.69. The summed E-state index contributed by atoms with van der Waals surface area (Å²) in [4.78, 5) is 22.4. The van der Waals surface area contributed by atoms with Crippen LogP contribution in [0.5, 0.6) is 0 Å². The monoisotopic (exact) mass is 236 g/mol. The minimum absolute atomic E-state index is 0.0414. The molecule has 2 unspecified atom stereocenters. The van der Waals surface area contributed by atoms with Gasteiger partial charge in [-0.15, -0.1) is 0 Å². The molecular formula is C12H16N2O3. The molecule has 0 aliphatic rings. The van der Waals surface area contributed by atoms with E-state index in [0.29, 0.717) is 5.56 Å². The Morgan fingerprint density at radius 2 is 1.94 bits per heavy atom. The first kappa shape index (κ1) is 13.2. The number of rotatable bonds is 5. The van der Waals surface area contributed by atoms with Gasteiger partial charge in [-0.1, -0.05) is 30.3 Å². The first-order valence-corrected chi connectivity index (χ1v) is 5.33. The lowest BCUT2D eigenvalue weighted by molar-refractivity contribution is -0.138. The van der Waals surface area contributed by atoms with Gasteiger partial charge in [-0.25, -0.2) is 0 Å². The minimum Gasteiger partial charge on any atom is -0.481 e. The number of carbonyl (C=O) groups is 2. The molecule has 5 nitrogen and oxygen atoms in total. The summed E-state index contributed by atoms with van der Waals surface area (Å²) in [6.45, 7) is 1.59. The standard InChI is InChI=1S/C12H16N2O3/c1-8(13)11(15)14-7-10(12(16)17)9-5-3-2-4-6-9/h2-6,8,10H,7,13H2,1H3,(H,14,15)(H,16,17). The van der Waals surface area contributed by atoms with E-state index in [4.69, 9.17) is 10.8 Å². The summed E-state index contributed by atoms with van der Waals surface area (Å²) in [6, 6.07) is 8.13. The maximum atomic E-state index is 11.3. The van der Waals surface area contributed by atoms with Crippen LogP contribution in [0.4, 0.5) is 0 Å². The summed E-state index contributed by atoms with van der Waals surface area (Å²) < 4.78 is 0. The Labute approximate surface area is 99.6 Å². The molecule has 4 N–H and O–H groups in total. The van der Waals surface area contributed by atoms with E-state index >= 15 is 0 Å². The van der Waals surface area contributed by atoms with Gasteiger partial charge in [0.15, 0.2) is 0 Å². The van der Waals surface area contributed by atoms with Crippen molar-refractivity contribution in [3.8, 4) is 0 Å². The number of nitrogens with one attached hydrogen (secondary N) is 1. The van der Waals surface area contributed by atoms with Crippen LogP contribution < -0.4 is 11.1 Å². The Morgan fingerprint density at radius 3 is 2.41 bits per heavy atom. The maximum Gasteiger partial charge on any atom is 0.312 e. The number of aliphatic carboxylic acids is 1. The van der Waals surface area contributed by atoms with Crippen molar-refractivity contribution in [2.24, 2.45) is 5.73 Å². The van der Waals surface area contributed by atoms with Crippen LogP contribution in [0.2, 0.25) is 0 Å². The van der Waals surface area contributed by atoms with Crippen molar-refractivity contribution < 1.29 is 14.7 Å². The van der Waals surface area contributed by atoms with Crippen molar-refractivity contribution in [1.29, 1.82) is 0 Å². The molecule has 0 bridgehead atoms. The SMILES string of the molecule is CC(N)C(=O)NCC(C(=O)O)c1ccccc1. The van der Waals surface area contributed by atoms with E-state index in [2.05, 4.69) is 5.32 Å². The lowest BCUT2D eigenvalue weighted by atomic mass is 9.99. The topological polar surface area (TPSA) is 92.4 Å². The number of carbonyl (C=O) groups excluding carboxylic acids is 1. The molecule has 0 radical (unpaired) electrons. The van der Waals surface area contributed by atoms with Crippen LogP contribution in [0, 0.1) is 0 Å². The van der Waals surface area contributed by atoms with Gasteiger partial charge >= 0.3 is 5.97 Å². The highest BCUT2D eigenvalue weighted by Crippen LogP contribution is 2.14. The third-order valence-corrected chi connectivity index (χ3v) is 2.39. The molecule has 0 heterocycles. The Morgan fingerprint density at radius 1 is 1.35 bits per heavy atom. The highest BCUT2D eigenvalue weighted by atomic mass is 16.4. The van der Waals surface area contributed by atoms with Crippen molar-refractivity contribution in [2.45, 2.75) is 18.9 Å². The Hall–Kier alpha value is -1.88. The van der Waals surface area contributed by atoms with Crippen molar-refractivity contribution in [3.05, 3.63) is 35.9 Å². The van der Waals surface area contributed by atoms with Gasteiger partial charge in [0.1, 0.15) is 0 Å². The number of hydrogen-bond acceptors (Lipinski definition) is 3. The van der Waals surface area contributed by atoms with Crippen LogP contribution in [0.3, 0.4) is 0 Å². The average Bonchev–Trinajstić information content (AvgIpc) is 2.29. The number of benzene rings is 1. The summed E-state index contributed by atoms with van der Waals surface area (Å²) in [5.41, 5.74) is 6.03. The zero-order chi connectivity index (χ0) is 12.8. The fourth-order valence-electron chi connectivity index (χ4n) is 1.40. The summed E-state index contributed by atoms with van der Waals surface area (Å²) in [5, 5.41) is 11.6. The lowest BCUT2D eigenvalue weighted by Crippen LogP contribution is -2.41. The van der Waals surface area contributed by atoms with Crippen molar-refractivity contribution in [1.82, 2.24) is 5.32 Å². The molecule has 0 spiro atoms. The third kappa shape index (κ3) is 3.88. The molecule has 0 fully saturated rings. The normalized spacial score (nSPS) is 13.8. The number of carboxylic acid groups (broad SMARTS) is 1. The summed E-state index contributed by atoms with van der Waals surface area (Å²) >= 11 is 0. The van der Waals surface area contributed by atoms with Gasteiger partial charge in [-0.3, -0.25) is 9.59 Å². The summed E-state index contributed by atoms with van der Waals surface area (Å²) in [6.07, 6.45) is 0. The molecule has 1 aromatic carbocycles. The molecule has 0 aliphatic carbocycles. The maximum absolute atomic E-state index is 11.3. The lowest BCUT2D eigenvalue weighted by Gasteiger charge is -2.14.